The van der Waals surface area contributed by atoms with Crippen LogP contribution in [0.15, 0.2) is 30.5 Å². The second-order valence-electron chi connectivity index (χ2n) is 7.41. The normalized spacial score (nSPS) is 12.1. The first kappa shape index (κ1) is 22.2. The van der Waals surface area contributed by atoms with Crippen molar-refractivity contribution in [2.45, 2.75) is 26.8 Å². The number of aryl methyl sites for hydroxylation is 2. The summed E-state index contributed by atoms with van der Waals surface area (Å²) in [4.78, 5) is 40.2. The standard InChI is InChI=1S/C20H21ClN6O4/c1-10(2)17(24-19(28)12-5-6-15(21)16(7-12)27(30)31)20(29)23-13-8-14-11(3)25-26(4)18(14)22-9-13/h5-10,17H,1-4H3,(H,23,29)(H,24,28). The van der Waals surface area contributed by atoms with E-state index in [2.05, 4.69) is 20.7 Å². The Morgan fingerprint density at radius 2 is 1.97 bits per heavy atom. The average molecular weight is 445 g/mol. The lowest BCUT2D eigenvalue weighted by molar-refractivity contribution is -0.384. The van der Waals surface area contributed by atoms with Gasteiger partial charge in [0, 0.05) is 24.1 Å². The molecule has 2 heterocycles. The lowest BCUT2D eigenvalue weighted by Gasteiger charge is -2.21. The van der Waals surface area contributed by atoms with Crippen molar-refractivity contribution in [3.05, 3.63) is 56.9 Å². The van der Waals surface area contributed by atoms with Crippen LogP contribution in [0, 0.1) is 23.0 Å². The quantitative estimate of drug-likeness (QED) is 0.443. The van der Waals surface area contributed by atoms with E-state index >= 15 is 0 Å². The van der Waals surface area contributed by atoms with Crippen LogP contribution in [0.3, 0.4) is 0 Å². The summed E-state index contributed by atoms with van der Waals surface area (Å²) in [5.41, 5.74) is 1.58. The number of nitrogens with one attached hydrogen (secondary N) is 2. The van der Waals surface area contributed by atoms with Gasteiger partial charge in [-0.15, -0.1) is 0 Å². The number of pyridine rings is 1. The molecule has 1 unspecified atom stereocenters. The topological polar surface area (TPSA) is 132 Å². The number of hydrogen-bond acceptors (Lipinski definition) is 6. The molecule has 0 radical (unpaired) electrons. The molecule has 0 aliphatic rings. The lowest BCUT2D eigenvalue weighted by atomic mass is 10.0. The van der Waals surface area contributed by atoms with Gasteiger partial charge in [-0.05, 0) is 31.0 Å². The molecule has 1 aromatic carbocycles. The number of halogens is 1. The van der Waals surface area contributed by atoms with Crippen molar-refractivity contribution in [2.75, 3.05) is 5.32 Å². The van der Waals surface area contributed by atoms with E-state index in [9.17, 15) is 19.7 Å². The molecular weight excluding hydrogens is 424 g/mol. The summed E-state index contributed by atoms with van der Waals surface area (Å²) in [5.74, 6) is -1.30. The molecule has 2 N–H and O–H groups in total. The highest BCUT2D eigenvalue weighted by atomic mass is 35.5. The van der Waals surface area contributed by atoms with Crippen LogP contribution >= 0.6 is 11.6 Å². The van der Waals surface area contributed by atoms with Crippen LogP contribution in [0.2, 0.25) is 5.02 Å². The number of nitro groups is 1. The van der Waals surface area contributed by atoms with Gasteiger partial charge in [0.05, 0.1) is 22.5 Å². The Morgan fingerprint density at radius 1 is 1.26 bits per heavy atom. The summed E-state index contributed by atoms with van der Waals surface area (Å²) in [6, 6.07) is 4.60. The number of amides is 2. The Morgan fingerprint density at radius 3 is 2.61 bits per heavy atom. The summed E-state index contributed by atoms with van der Waals surface area (Å²) in [6.45, 7) is 5.40. The minimum absolute atomic E-state index is 0.0311. The Labute approximate surface area is 182 Å². The monoisotopic (exact) mass is 444 g/mol. The highest BCUT2D eigenvalue weighted by Gasteiger charge is 2.26. The number of aromatic nitrogens is 3. The number of nitro benzene ring substituents is 1. The molecule has 1 atom stereocenters. The largest absolute Gasteiger partial charge is 0.340 e. The van der Waals surface area contributed by atoms with Crippen molar-refractivity contribution in [2.24, 2.45) is 13.0 Å². The van der Waals surface area contributed by atoms with Gasteiger partial charge >= 0.3 is 0 Å². The maximum Gasteiger partial charge on any atom is 0.288 e. The van der Waals surface area contributed by atoms with Gasteiger partial charge in [0.1, 0.15) is 11.1 Å². The molecule has 31 heavy (non-hydrogen) atoms. The molecule has 0 saturated carbocycles. The maximum absolute atomic E-state index is 12.9. The average Bonchev–Trinajstić information content (AvgIpc) is 2.98. The molecule has 162 valence electrons. The van der Waals surface area contributed by atoms with Crippen LogP contribution in [0.4, 0.5) is 11.4 Å². The van der Waals surface area contributed by atoms with Crippen molar-refractivity contribution < 1.29 is 14.5 Å². The fraction of sp³-hybridized carbons (Fsp3) is 0.300. The molecule has 3 aromatic rings. The van der Waals surface area contributed by atoms with E-state index < -0.39 is 22.8 Å². The Kier molecular flexibility index (Phi) is 6.21. The fourth-order valence-corrected chi connectivity index (χ4v) is 3.34. The highest BCUT2D eigenvalue weighted by molar-refractivity contribution is 6.32. The SMILES string of the molecule is Cc1nn(C)c2ncc(NC(=O)C(NC(=O)c3ccc(Cl)c([N+](=O)[O-])c3)C(C)C)cc12. The molecule has 0 aliphatic carbocycles. The first-order valence-electron chi connectivity index (χ1n) is 9.43. The third-order valence-corrected chi connectivity index (χ3v) is 5.09. The van der Waals surface area contributed by atoms with E-state index in [-0.39, 0.29) is 22.2 Å². The van der Waals surface area contributed by atoms with Crippen molar-refractivity contribution in [1.29, 1.82) is 0 Å². The first-order chi connectivity index (χ1) is 14.6. The summed E-state index contributed by atoms with van der Waals surface area (Å²) in [6.07, 6.45) is 1.52. The number of rotatable bonds is 6. The van der Waals surface area contributed by atoms with Gasteiger partial charge in [-0.3, -0.25) is 24.4 Å². The number of nitrogens with zero attached hydrogens (tertiary/aromatic N) is 4. The number of benzene rings is 1. The summed E-state index contributed by atoms with van der Waals surface area (Å²) >= 11 is 5.80. The molecule has 3 rings (SSSR count). The summed E-state index contributed by atoms with van der Waals surface area (Å²) in [7, 11) is 1.78. The number of anilines is 1. The number of carbonyl (C=O) groups excluding carboxylic acids is 2. The molecule has 2 amide bonds. The summed E-state index contributed by atoms with van der Waals surface area (Å²) in [5, 5.41) is 21.5. The maximum atomic E-state index is 12.9. The zero-order valence-electron chi connectivity index (χ0n) is 17.3. The van der Waals surface area contributed by atoms with Crippen molar-refractivity contribution in [3.63, 3.8) is 0 Å². The van der Waals surface area contributed by atoms with Crippen molar-refractivity contribution >= 4 is 45.8 Å². The molecule has 0 aliphatic heterocycles. The van der Waals surface area contributed by atoms with Gasteiger partial charge in [0.15, 0.2) is 5.65 Å². The molecule has 0 spiro atoms. The van der Waals surface area contributed by atoms with E-state index in [1.165, 1.54) is 18.3 Å². The van der Waals surface area contributed by atoms with Crippen LogP contribution in [0.1, 0.15) is 29.9 Å². The fourth-order valence-electron chi connectivity index (χ4n) is 3.15. The van der Waals surface area contributed by atoms with Gasteiger partial charge in [0.25, 0.3) is 11.6 Å². The van der Waals surface area contributed by atoms with Crippen LogP contribution in [0.5, 0.6) is 0 Å². The van der Waals surface area contributed by atoms with Crippen LogP contribution in [-0.4, -0.2) is 37.5 Å². The van der Waals surface area contributed by atoms with Crippen LogP contribution in [0.25, 0.3) is 11.0 Å². The molecular formula is C20H21ClN6O4. The molecule has 11 heteroatoms. The summed E-state index contributed by atoms with van der Waals surface area (Å²) < 4.78 is 1.65. The zero-order valence-corrected chi connectivity index (χ0v) is 18.1. The second kappa shape index (κ2) is 8.68. The van der Waals surface area contributed by atoms with Crippen LogP contribution in [-0.2, 0) is 11.8 Å². The third kappa shape index (κ3) is 4.64. The van der Waals surface area contributed by atoms with E-state index in [0.29, 0.717) is 11.3 Å². The first-order valence-corrected chi connectivity index (χ1v) is 9.81. The third-order valence-electron chi connectivity index (χ3n) is 4.77. The van der Waals surface area contributed by atoms with Gasteiger partial charge in [-0.1, -0.05) is 25.4 Å². The predicted octanol–water partition coefficient (Wildman–Crippen LogP) is 3.23. The van der Waals surface area contributed by atoms with Gasteiger partial charge in [-0.2, -0.15) is 5.10 Å². The molecule has 10 nitrogen and oxygen atoms in total. The van der Waals surface area contributed by atoms with Gasteiger partial charge in [-0.25, -0.2) is 4.98 Å². The smallest absolute Gasteiger partial charge is 0.288 e. The Bertz CT molecular complexity index is 1190. The second-order valence-corrected chi connectivity index (χ2v) is 7.82. The van der Waals surface area contributed by atoms with Crippen molar-refractivity contribution in [3.8, 4) is 0 Å². The van der Waals surface area contributed by atoms with E-state index in [1.54, 1.807) is 31.6 Å². The van der Waals surface area contributed by atoms with Crippen LogP contribution < -0.4 is 10.6 Å². The molecule has 0 fully saturated rings. The minimum atomic E-state index is -0.882. The van der Waals surface area contributed by atoms with E-state index in [1.807, 2.05) is 6.92 Å². The predicted molar refractivity (Wildman–Crippen MR) is 116 cm³/mol. The highest BCUT2D eigenvalue weighted by Crippen LogP contribution is 2.25. The molecule has 2 aromatic heterocycles. The zero-order chi connectivity index (χ0) is 22.9. The number of carbonyl (C=O) groups is 2. The number of hydrogen-bond donors (Lipinski definition) is 2. The van der Waals surface area contributed by atoms with E-state index in [0.717, 1.165) is 17.1 Å². The lowest BCUT2D eigenvalue weighted by Crippen LogP contribution is -2.47. The Hall–Kier alpha value is -3.53. The van der Waals surface area contributed by atoms with Gasteiger partial charge < -0.3 is 10.6 Å². The van der Waals surface area contributed by atoms with Gasteiger partial charge in [0.2, 0.25) is 5.91 Å². The molecule has 0 bridgehead atoms. The number of fused-ring (bicyclic) bond motifs is 1. The minimum Gasteiger partial charge on any atom is -0.340 e. The Balaban J connectivity index is 1.79. The molecule has 0 saturated heterocycles. The van der Waals surface area contributed by atoms with Crippen molar-refractivity contribution in [1.82, 2.24) is 20.1 Å². The van der Waals surface area contributed by atoms with E-state index in [4.69, 9.17) is 11.6 Å².